The highest BCUT2D eigenvalue weighted by Crippen LogP contribution is 2.20. The normalized spacial score (nSPS) is 15.8. The second-order valence-corrected chi connectivity index (χ2v) is 6.02. The Morgan fingerprint density at radius 3 is 2.62 bits per heavy atom. The van der Waals surface area contributed by atoms with E-state index in [0.717, 1.165) is 49.9 Å². The number of ether oxygens (including phenoxy) is 1. The van der Waals surface area contributed by atoms with E-state index >= 15 is 0 Å². The van der Waals surface area contributed by atoms with Crippen LogP contribution < -0.4 is 9.64 Å². The Bertz CT molecular complexity index is 823. The van der Waals surface area contributed by atoms with E-state index < -0.39 is 0 Å². The summed E-state index contributed by atoms with van der Waals surface area (Å²) < 4.78 is 7.33. The van der Waals surface area contributed by atoms with Crippen LogP contribution in [0.3, 0.4) is 0 Å². The molecule has 0 spiro atoms. The van der Waals surface area contributed by atoms with E-state index in [9.17, 15) is 0 Å². The summed E-state index contributed by atoms with van der Waals surface area (Å²) in [6.45, 7) is 4.90. The summed E-state index contributed by atoms with van der Waals surface area (Å²) >= 11 is 0. The van der Waals surface area contributed by atoms with Crippen LogP contribution in [-0.2, 0) is 6.54 Å². The van der Waals surface area contributed by atoms with Crippen molar-refractivity contribution in [2.24, 2.45) is 0 Å². The van der Waals surface area contributed by atoms with Crippen molar-refractivity contribution in [1.82, 2.24) is 19.3 Å². The van der Waals surface area contributed by atoms with Gasteiger partial charge in [-0.25, -0.2) is 9.97 Å². The first-order chi connectivity index (χ1) is 11.8. The van der Waals surface area contributed by atoms with Gasteiger partial charge in [0.2, 0.25) is 0 Å². The number of nitrogens with zero attached hydrogens (tertiary/aromatic N) is 5. The summed E-state index contributed by atoms with van der Waals surface area (Å²) in [5.74, 6) is 1.89. The molecule has 3 aromatic rings. The average molecular weight is 323 g/mol. The van der Waals surface area contributed by atoms with Gasteiger partial charge in [0.15, 0.2) is 11.5 Å². The first-order valence-corrected chi connectivity index (χ1v) is 8.21. The van der Waals surface area contributed by atoms with E-state index in [2.05, 4.69) is 31.9 Å². The van der Waals surface area contributed by atoms with Gasteiger partial charge in [0.05, 0.1) is 7.11 Å². The van der Waals surface area contributed by atoms with Crippen molar-refractivity contribution in [2.45, 2.75) is 6.54 Å². The average Bonchev–Trinajstić information content (AvgIpc) is 3.11. The van der Waals surface area contributed by atoms with Gasteiger partial charge in [-0.3, -0.25) is 4.90 Å². The lowest BCUT2D eigenvalue weighted by Gasteiger charge is -2.35. The van der Waals surface area contributed by atoms with Crippen LogP contribution in [0.1, 0.15) is 5.56 Å². The molecule has 1 aliphatic heterocycles. The van der Waals surface area contributed by atoms with Gasteiger partial charge in [-0.15, -0.1) is 0 Å². The van der Waals surface area contributed by atoms with Crippen LogP contribution in [-0.4, -0.2) is 52.6 Å². The summed E-state index contributed by atoms with van der Waals surface area (Å²) in [6.07, 6.45) is 7.55. The highest BCUT2D eigenvalue weighted by atomic mass is 16.5. The molecule has 2 aromatic heterocycles. The molecule has 0 radical (unpaired) electrons. The van der Waals surface area contributed by atoms with E-state index in [1.54, 1.807) is 7.11 Å². The molecule has 0 bridgehead atoms. The quantitative estimate of drug-likeness (QED) is 0.735. The summed E-state index contributed by atoms with van der Waals surface area (Å²) in [7, 11) is 1.71. The topological polar surface area (TPSA) is 45.9 Å². The van der Waals surface area contributed by atoms with Gasteiger partial charge in [-0.1, -0.05) is 12.1 Å². The van der Waals surface area contributed by atoms with Crippen LogP contribution in [0.5, 0.6) is 5.75 Å². The maximum atomic E-state index is 5.31. The Kier molecular flexibility index (Phi) is 4.04. The summed E-state index contributed by atoms with van der Waals surface area (Å²) in [4.78, 5) is 13.8. The number of fused-ring (bicyclic) bond motifs is 1. The number of imidazole rings is 1. The predicted molar refractivity (Wildman–Crippen MR) is 93.5 cm³/mol. The second-order valence-electron chi connectivity index (χ2n) is 6.02. The largest absolute Gasteiger partial charge is 0.497 e. The van der Waals surface area contributed by atoms with Crippen molar-refractivity contribution in [1.29, 1.82) is 0 Å². The lowest BCUT2D eigenvalue weighted by atomic mass is 10.2. The minimum absolute atomic E-state index is 0.918. The number of anilines is 1. The Hall–Kier alpha value is -2.60. The zero-order chi connectivity index (χ0) is 16.4. The molecule has 4 rings (SSSR count). The molecule has 1 saturated heterocycles. The molecule has 1 aromatic carbocycles. The smallest absolute Gasteiger partial charge is 0.180 e. The number of hydrogen-bond donors (Lipinski definition) is 0. The molecule has 0 amide bonds. The third-order valence-electron chi connectivity index (χ3n) is 4.50. The molecule has 0 N–H and O–H groups in total. The molecule has 6 heteroatoms. The van der Waals surface area contributed by atoms with E-state index in [1.165, 1.54) is 5.56 Å². The minimum atomic E-state index is 0.918. The SMILES string of the molecule is COc1cccc(CN2CCN(c3nccn4ccnc34)CC2)c1. The fraction of sp³-hybridized carbons (Fsp3) is 0.333. The van der Waals surface area contributed by atoms with Crippen LogP contribution in [0.4, 0.5) is 5.82 Å². The molecule has 6 nitrogen and oxygen atoms in total. The van der Waals surface area contributed by atoms with Gasteiger partial charge in [0.25, 0.3) is 0 Å². The van der Waals surface area contributed by atoms with Gasteiger partial charge >= 0.3 is 0 Å². The molecule has 0 aliphatic carbocycles. The monoisotopic (exact) mass is 323 g/mol. The standard InChI is InChI=1S/C18H21N5O/c1-24-16-4-2-3-15(13-16)14-21-9-11-23(12-10-21)18-17-19-5-7-22(17)8-6-20-18/h2-8,13H,9-12,14H2,1H3. The fourth-order valence-electron chi connectivity index (χ4n) is 3.21. The first kappa shape index (κ1) is 15.0. The van der Waals surface area contributed by atoms with Gasteiger partial charge in [0.1, 0.15) is 5.75 Å². The van der Waals surface area contributed by atoms with Gasteiger partial charge in [-0.05, 0) is 17.7 Å². The van der Waals surface area contributed by atoms with Crippen molar-refractivity contribution in [3.8, 4) is 5.75 Å². The molecule has 124 valence electrons. The Morgan fingerprint density at radius 2 is 1.83 bits per heavy atom. The van der Waals surface area contributed by atoms with Crippen molar-refractivity contribution >= 4 is 11.5 Å². The lowest BCUT2D eigenvalue weighted by molar-refractivity contribution is 0.249. The van der Waals surface area contributed by atoms with E-state index in [-0.39, 0.29) is 0 Å². The summed E-state index contributed by atoms with van der Waals surface area (Å²) in [5, 5.41) is 0. The van der Waals surface area contributed by atoms with Crippen LogP contribution in [0.2, 0.25) is 0 Å². The molecular weight excluding hydrogens is 302 g/mol. The van der Waals surface area contributed by atoms with Gasteiger partial charge in [-0.2, -0.15) is 0 Å². The zero-order valence-electron chi connectivity index (χ0n) is 13.8. The van der Waals surface area contributed by atoms with Gasteiger partial charge in [0, 0.05) is 57.5 Å². The number of rotatable bonds is 4. The van der Waals surface area contributed by atoms with Crippen molar-refractivity contribution in [2.75, 3.05) is 38.2 Å². The van der Waals surface area contributed by atoms with E-state index in [4.69, 9.17) is 4.74 Å². The molecule has 0 unspecified atom stereocenters. The minimum Gasteiger partial charge on any atom is -0.497 e. The van der Waals surface area contributed by atoms with Crippen LogP contribution in [0, 0.1) is 0 Å². The predicted octanol–water partition coefficient (Wildman–Crippen LogP) is 2.06. The maximum absolute atomic E-state index is 5.31. The maximum Gasteiger partial charge on any atom is 0.180 e. The van der Waals surface area contributed by atoms with Crippen molar-refractivity contribution in [3.63, 3.8) is 0 Å². The molecule has 1 aliphatic rings. The highest BCUT2D eigenvalue weighted by molar-refractivity contribution is 5.64. The highest BCUT2D eigenvalue weighted by Gasteiger charge is 2.20. The number of aromatic nitrogens is 3. The van der Waals surface area contributed by atoms with Crippen molar-refractivity contribution in [3.05, 3.63) is 54.6 Å². The summed E-state index contributed by atoms with van der Waals surface area (Å²) in [6, 6.07) is 8.30. The summed E-state index contributed by atoms with van der Waals surface area (Å²) in [5.41, 5.74) is 2.22. The number of piperazine rings is 1. The van der Waals surface area contributed by atoms with Crippen LogP contribution >= 0.6 is 0 Å². The Morgan fingerprint density at radius 1 is 1.04 bits per heavy atom. The van der Waals surface area contributed by atoms with Crippen LogP contribution in [0.25, 0.3) is 5.65 Å². The third kappa shape index (κ3) is 2.92. The number of methoxy groups -OCH3 is 1. The third-order valence-corrected chi connectivity index (χ3v) is 4.50. The Balaban J connectivity index is 1.42. The van der Waals surface area contributed by atoms with Crippen molar-refractivity contribution < 1.29 is 4.74 Å². The van der Waals surface area contributed by atoms with E-state index in [1.807, 2.05) is 41.3 Å². The fourth-order valence-corrected chi connectivity index (χ4v) is 3.21. The van der Waals surface area contributed by atoms with Crippen LogP contribution in [0.15, 0.2) is 49.1 Å². The molecule has 24 heavy (non-hydrogen) atoms. The molecule has 1 fully saturated rings. The molecular formula is C18H21N5O. The first-order valence-electron chi connectivity index (χ1n) is 8.21. The van der Waals surface area contributed by atoms with Gasteiger partial charge < -0.3 is 14.0 Å². The molecule has 3 heterocycles. The zero-order valence-corrected chi connectivity index (χ0v) is 13.8. The number of hydrogen-bond acceptors (Lipinski definition) is 5. The molecule has 0 saturated carbocycles. The second kappa shape index (κ2) is 6.49. The lowest BCUT2D eigenvalue weighted by Crippen LogP contribution is -2.46. The molecule has 0 atom stereocenters. The van der Waals surface area contributed by atoms with E-state index in [0.29, 0.717) is 0 Å². The number of benzene rings is 1. The Labute approximate surface area is 141 Å².